The molecule has 1 atom stereocenters. The van der Waals surface area contributed by atoms with Crippen molar-refractivity contribution in [1.29, 1.82) is 0 Å². The van der Waals surface area contributed by atoms with Crippen LogP contribution in [0.2, 0.25) is 0 Å². The Labute approximate surface area is 211 Å². The Bertz CT molecular complexity index is 1250. The van der Waals surface area contributed by atoms with Crippen molar-refractivity contribution in [3.05, 3.63) is 65.7 Å². The number of aromatic nitrogens is 3. The number of nitrogens with zero attached hydrogens (tertiary/aromatic N) is 4. The molecule has 188 valence electrons. The Morgan fingerprint density at radius 1 is 1.06 bits per heavy atom. The van der Waals surface area contributed by atoms with Crippen molar-refractivity contribution >= 4 is 23.6 Å². The minimum absolute atomic E-state index is 0.0204. The number of hydrogen-bond acceptors (Lipinski definition) is 6. The highest BCUT2D eigenvalue weighted by Crippen LogP contribution is 2.36. The van der Waals surface area contributed by atoms with Gasteiger partial charge in [0.1, 0.15) is 5.60 Å². The SMILES string of the molecule is Cc1ccc(NC(=O)Nc2cncc(-c3ccc(C4CCCN4C(=O)OC(C)(C)C)c(C)c3)n2)cn1. The average Bonchev–Trinajstić information content (AvgIpc) is 3.29. The topological polar surface area (TPSA) is 109 Å². The monoisotopic (exact) mass is 488 g/mol. The van der Waals surface area contributed by atoms with E-state index in [0.717, 1.165) is 35.2 Å². The van der Waals surface area contributed by atoms with E-state index in [-0.39, 0.29) is 12.1 Å². The fourth-order valence-corrected chi connectivity index (χ4v) is 4.22. The zero-order valence-electron chi connectivity index (χ0n) is 21.3. The molecule has 0 aliphatic carbocycles. The molecule has 0 bridgehead atoms. The van der Waals surface area contributed by atoms with Crippen molar-refractivity contribution in [3.8, 4) is 11.3 Å². The highest BCUT2D eigenvalue weighted by molar-refractivity contribution is 5.99. The van der Waals surface area contributed by atoms with Crippen molar-refractivity contribution in [3.63, 3.8) is 0 Å². The average molecular weight is 489 g/mol. The van der Waals surface area contributed by atoms with E-state index in [4.69, 9.17) is 4.74 Å². The first kappa shape index (κ1) is 25.1. The fraction of sp³-hybridized carbons (Fsp3) is 0.370. The van der Waals surface area contributed by atoms with Crippen molar-refractivity contribution in [2.75, 3.05) is 17.2 Å². The number of nitrogens with one attached hydrogen (secondary N) is 2. The predicted octanol–water partition coefficient (Wildman–Crippen LogP) is 5.87. The molecule has 1 aromatic carbocycles. The lowest BCUT2D eigenvalue weighted by atomic mass is 9.96. The van der Waals surface area contributed by atoms with Crippen LogP contribution in [0.5, 0.6) is 0 Å². The summed E-state index contributed by atoms with van der Waals surface area (Å²) in [6.45, 7) is 10.2. The van der Waals surface area contributed by atoms with Gasteiger partial charge in [0.2, 0.25) is 0 Å². The number of benzene rings is 1. The fourth-order valence-electron chi connectivity index (χ4n) is 4.22. The molecule has 9 heteroatoms. The molecule has 0 saturated carbocycles. The van der Waals surface area contributed by atoms with Gasteiger partial charge in [0.05, 0.1) is 36.0 Å². The number of carbonyl (C=O) groups is 2. The van der Waals surface area contributed by atoms with Crippen molar-refractivity contribution < 1.29 is 14.3 Å². The molecule has 3 amide bonds. The molecule has 4 rings (SSSR count). The molecule has 0 radical (unpaired) electrons. The van der Waals surface area contributed by atoms with Gasteiger partial charge >= 0.3 is 12.1 Å². The van der Waals surface area contributed by atoms with E-state index in [1.165, 1.54) is 6.20 Å². The quantitative estimate of drug-likeness (QED) is 0.475. The summed E-state index contributed by atoms with van der Waals surface area (Å²) in [7, 11) is 0. The molecule has 0 spiro atoms. The number of amides is 3. The summed E-state index contributed by atoms with van der Waals surface area (Å²) < 4.78 is 5.62. The molecule has 2 aromatic heterocycles. The molecular formula is C27H32N6O3. The second-order valence-corrected chi connectivity index (χ2v) is 9.96. The number of pyridine rings is 1. The number of ether oxygens (including phenoxy) is 1. The van der Waals surface area contributed by atoms with Gasteiger partial charge in [-0.15, -0.1) is 0 Å². The molecule has 9 nitrogen and oxygen atoms in total. The maximum Gasteiger partial charge on any atom is 0.410 e. The Morgan fingerprint density at radius 3 is 2.56 bits per heavy atom. The Kier molecular flexibility index (Phi) is 7.19. The first-order valence-electron chi connectivity index (χ1n) is 12.0. The van der Waals surface area contributed by atoms with E-state index in [2.05, 4.69) is 25.6 Å². The van der Waals surface area contributed by atoms with Gasteiger partial charge < -0.3 is 15.0 Å². The van der Waals surface area contributed by atoms with Gasteiger partial charge in [0, 0.05) is 17.8 Å². The second kappa shape index (κ2) is 10.3. The number of aryl methyl sites for hydroxylation is 2. The third-order valence-corrected chi connectivity index (χ3v) is 5.85. The van der Waals surface area contributed by atoms with Crippen LogP contribution in [-0.4, -0.2) is 44.1 Å². The highest BCUT2D eigenvalue weighted by atomic mass is 16.6. The van der Waals surface area contributed by atoms with Gasteiger partial charge in [-0.3, -0.25) is 15.3 Å². The van der Waals surface area contributed by atoms with Crippen molar-refractivity contribution in [1.82, 2.24) is 19.9 Å². The highest BCUT2D eigenvalue weighted by Gasteiger charge is 2.33. The van der Waals surface area contributed by atoms with Crippen LogP contribution >= 0.6 is 0 Å². The first-order chi connectivity index (χ1) is 17.1. The zero-order chi connectivity index (χ0) is 25.9. The lowest BCUT2D eigenvalue weighted by Crippen LogP contribution is -2.36. The van der Waals surface area contributed by atoms with Gasteiger partial charge in [-0.25, -0.2) is 14.6 Å². The maximum atomic E-state index is 12.7. The molecule has 2 N–H and O–H groups in total. The molecular weight excluding hydrogens is 456 g/mol. The second-order valence-electron chi connectivity index (χ2n) is 9.96. The van der Waals surface area contributed by atoms with Crippen LogP contribution < -0.4 is 10.6 Å². The molecule has 3 heterocycles. The van der Waals surface area contributed by atoms with Crippen molar-refractivity contribution in [2.24, 2.45) is 0 Å². The lowest BCUT2D eigenvalue weighted by Gasteiger charge is -2.29. The van der Waals surface area contributed by atoms with Gasteiger partial charge in [-0.2, -0.15) is 0 Å². The zero-order valence-corrected chi connectivity index (χ0v) is 21.3. The molecule has 1 unspecified atom stereocenters. The van der Waals surface area contributed by atoms with E-state index in [1.807, 2.05) is 63.8 Å². The number of rotatable bonds is 4. The van der Waals surface area contributed by atoms with Crippen LogP contribution in [0.25, 0.3) is 11.3 Å². The van der Waals surface area contributed by atoms with E-state index < -0.39 is 11.6 Å². The summed E-state index contributed by atoms with van der Waals surface area (Å²) in [5.41, 5.74) is 4.57. The van der Waals surface area contributed by atoms with E-state index >= 15 is 0 Å². The van der Waals surface area contributed by atoms with Crippen LogP contribution in [0.15, 0.2) is 48.9 Å². The number of hydrogen-bond donors (Lipinski definition) is 2. The summed E-state index contributed by atoms with van der Waals surface area (Å²) in [4.78, 5) is 39.9. The normalized spacial score (nSPS) is 15.5. The smallest absolute Gasteiger partial charge is 0.410 e. The van der Waals surface area contributed by atoms with Crippen molar-refractivity contribution in [2.45, 2.75) is 59.1 Å². The summed E-state index contributed by atoms with van der Waals surface area (Å²) >= 11 is 0. The third-order valence-electron chi connectivity index (χ3n) is 5.85. The largest absolute Gasteiger partial charge is 0.444 e. The Hall–Kier alpha value is -4.01. The predicted molar refractivity (Wildman–Crippen MR) is 139 cm³/mol. The number of anilines is 2. The van der Waals surface area contributed by atoms with Crippen LogP contribution in [0.3, 0.4) is 0 Å². The molecule has 1 saturated heterocycles. The van der Waals surface area contributed by atoms with Crippen LogP contribution in [0.1, 0.15) is 56.5 Å². The lowest BCUT2D eigenvalue weighted by molar-refractivity contribution is 0.0224. The Morgan fingerprint density at radius 2 is 1.86 bits per heavy atom. The summed E-state index contributed by atoms with van der Waals surface area (Å²) in [6.07, 6.45) is 6.29. The summed E-state index contributed by atoms with van der Waals surface area (Å²) in [5, 5.41) is 5.44. The number of urea groups is 1. The molecule has 1 fully saturated rings. The Balaban J connectivity index is 1.47. The van der Waals surface area contributed by atoms with Gasteiger partial charge in [0.15, 0.2) is 5.82 Å². The standard InChI is InChI=1S/C27H32N6O3/c1-17-13-19(9-11-21(17)23-7-6-12-33(23)26(35)36-27(3,4)5)22-15-28-16-24(31-22)32-25(34)30-20-10-8-18(2)29-14-20/h8-11,13-16,23H,6-7,12H2,1-5H3,(H2,30,31,32,34). The minimum atomic E-state index is -0.533. The third kappa shape index (κ3) is 6.16. The van der Waals surface area contributed by atoms with Crippen LogP contribution in [0, 0.1) is 13.8 Å². The first-order valence-corrected chi connectivity index (χ1v) is 12.0. The molecule has 1 aliphatic rings. The summed E-state index contributed by atoms with van der Waals surface area (Å²) in [6, 6.07) is 9.20. The van der Waals surface area contributed by atoms with Gasteiger partial charge in [-0.05, 0) is 76.8 Å². The van der Waals surface area contributed by atoms with E-state index in [9.17, 15) is 9.59 Å². The van der Waals surface area contributed by atoms with E-state index in [1.54, 1.807) is 18.5 Å². The van der Waals surface area contributed by atoms with Gasteiger partial charge in [0.25, 0.3) is 0 Å². The number of likely N-dealkylation sites (tertiary alicyclic amines) is 1. The molecule has 36 heavy (non-hydrogen) atoms. The maximum absolute atomic E-state index is 12.7. The number of carbonyl (C=O) groups excluding carboxylic acids is 2. The van der Waals surface area contributed by atoms with Gasteiger partial charge in [-0.1, -0.05) is 12.1 Å². The van der Waals surface area contributed by atoms with E-state index in [0.29, 0.717) is 23.7 Å². The van der Waals surface area contributed by atoms with Crippen LogP contribution in [0.4, 0.5) is 21.1 Å². The molecule has 1 aliphatic heterocycles. The summed E-state index contributed by atoms with van der Waals surface area (Å²) in [5.74, 6) is 0.332. The van der Waals surface area contributed by atoms with Crippen LogP contribution in [-0.2, 0) is 4.74 Å². The molecule has 3 aromatic rings. The minimum Gasteiger partial charge on any atom is -0.444 e.